The van der Waals surface area contributed by atoms with Crippen molar-refractivity contribution in [3.63, 3.8) is 0 Å². The molecule has 4 nitrogen and oxygen atoms in total. The minimum Gasteiger partial charge on any atom is -0.356 e. The second kappa shape index (κ2) is 37.1. The van der Waals surface area contributed by atoms with Crippen LogP contribution >= 0.6 is 0 Å². The van der Waals surface area contributed by atoms with Gasteiger partial charge in [-0.3, -0.25) is 9.59 Å². The number of nitrogens with one attached hydrogen (secondary N) is 2. The van der Waals surface area contributed by atoms with E-state index in [9.17, 15) is 9.59 Å². The van der Waals surface area contributed by atoms with Gasteiger partial charge in [-0.25, -0.2) is 0 Å². The summed E-state index contributed by atoms with van der Waals surface area (Å²) in [5, 5.41) is 6.06. The van der Waals surface area contributed by atoms with Crippen molar-refractivity contribution in [2.45, 2.75) is 181 Å². The van der Waals surface area contributed by atoms with Crippen molar-refractivity contribution in [1.82, 2.24) is 10.6 Å². The van der Waals surface area contributed by atoms with E-state index in [4.69, 9.17) is 0 Å². The monoisotopic (exact) mass is 613 g/mol. The molecule has 0 rings (SSSR count). The fraction of sp³-hybridized carbons (Fsp3) is 0.750. The molecule has 0 saturated carbocycles. The number of hydrogen-bond acceptors (Lipinski definition) is 2. The zero-order valence-electron chi connectivity index (χ0n) is 29.2. The Morgan fingerprint density at radius 2 is 0.705 bits per heavy atom. The van der Waals surface area contributed by atoms with Gasteiger partial charge in [0, 0.05) is 25.9 Å². The van der Waals surface area contributed by atoms with Crippen LogP contribution in [0.5, 0.6) is 0 Å². The molecule has 4 heteroatoms. The van der Waals surface area contributed by atoms with E-state index in [-0.39, 0.29) is 11.8 Å². The van der Waals surface area contributed by atoms with Gasteiger partial charge in [-0.05, 0) is 89.9 Å². The lowest BCUT2D eigenvalue weighted by atomic mass is 10.1. The Balaban J connectivity index is 3.37. The Morgan fingerprint density at radius 1 is 0.386 bits per heavy atom. The number of carbonyl (C=O) groups excluding carboxylic acids is 2. The maximum Gasteiger partial charge on any atom is 0.219 e. The summed E-state index contributed by atoms with van der Waals surface area (Å²) in [5.41, 5.74) is 0. The fourth-order valence-corrected chi connectivity index (χ4v) is 5.08. The zero-order chi connectivity index (χ0) is 32.0. The van der Waals surface area contributed by atoms with Gasteiger partial charge in [-0.15, -0.1) is 0 Å². The molecule has 2 N–H and O–H groups in total. The first-order valence-corrected chi connectivity index (χ1v) is 18.8. The van der Waals surface area contributed by atoms with Crippen LogP contribution in [0.3, 0.4) is 0 Å². The molecule has 0 aromatic carbocycles. The lowest BCUT2D eigenvalue weighted by molar-refractivity contribution is -0.122. The van der Waals surface area contributed by atoms with Gasteiger partial charge in [-0.2, -0.15) is 0 Å². The molecule has 254 valence electrons. The molecule has 0 aliphatic heterocycles. The number of rotatable bonds is 33. The maximum atomic E-state index is 12.0. The number of carbonyl (C=O) groups is 2. The van der Waals surface area contributed by atoms with E-state index in [1.165, 1.54) is 103 Å². The Labute approximate surface area is 274 Å². The molecule has 0 spiro atoms. The predicted octanol–water partition coefficient (Wildman–Crippen LogP) is 11.6. The van der Waals surface area contributed by atoms with Crippen LogP contribution < -0.4 is 10.6 Å². The number of allylic oxidation sites excluding steroid dienone is 8. The normalized spacial score (nSPS) is 12.0. The quantitative estimate of drug-likeness (QED) is 0.0572. The van der Waals surface area contributed by atoms with Crippen LogP contribution in [0.15, 0.2) is 48.6 Å². The van der Waals surface area contributed by atoms with E-state index in [2.05, 4.69) is 73.1 Å². The summed E-state index contributed by atoms with van der Waals surface area (Å²) in [6.07, 6.45) is 48.0. The topological polar surface area (TPSA) is 58.2 Å². The maximum absolute atomic E-state index is 12.0. The van der Waals surface area contributed by atoms with Gasteiger partial charge in [-0.1, -0.05) is 127 Å². The largest absolute Gasteiger partial charge is 0.356 e. The predicted molar refractivity (Wildman–Crippen MR) is 194 cm³/mol. The van der Waals surface area contributed by atoms with E-state index in [1.54, 1.807) is 0 Å². The molecular weight excluding hydrogens is 540 g/mol. The lowest BCUT2D eigenvalue weighted by Gasteiger charge is -2.07. The average Bonchev–Trinajstić information content (AvgIpc) is 3.02. The van der Waals surface area contributed by atoms with Gasteiger partial charge < -0.3 is 10.6 Å². The van der Waals surface area contributed by atoms with Crippen LogP contribution in [0.4, 0.5) is 0 Å². The van der Waals surface area contributed by atoms with Crippen LogP contribution in [0, 0.1) is 0 Å². The molecule has 0 heterocycles. The highest BCUT2D eigenvalue weighted by molar-refractivity contribution is 5.76. The molecular formula is C40H72N2O2. The highest BCUT2D eigenvalue weighted by Gasteiger charge is 2.02. The van der Waals surface area contributed by atoms with Crippen molar-refractivity contribution in [2.24, 2.45) is 0 Å². The van der Waals surface area contributed by atoms with Crippen LogP contribution in [0.1, 0.15) is 181 Å². The first-order valence-electron chi connectivity index (χ1n) is 18.8. The lowest BCUT2D eigenvalue weighted by Crippen LogP contribution is -2.27. The molecule has 0 aromatic rings. The minimum atomic E-state index is 0.168. The fourth-order valence-electron chi connectivity index (χ4n) is 5.08. The molecule has 0 aliphatic carbocycles. The smallest absolute Gasteiger partial charge is 0.219 e. The van der Waals surface area contributed by atoms with Gasteiger partial charge in [0.05, 0.1) is 0 Å². The van der Waals surface area contributed by atoms with Crippen molar-refractivity contribution in [1.29, 1.82) is 0 Å². The van der Waals surface area contributed by atoms with Gasteiger partial charge in [0.2, 0.25) is 11.8 Å². The van der Waals surface area contributed by atoms with Gasteiger partial charge in [0.25, 0.3) is 0 Å². The third-order valence-electron chi connectivity index (χ3n) is 7.96. The Bertz CT molecular complexity index is 676. The summed E-state index contributed by atoms with van der Waals surface area (Å²) in [4.78, 5) is 24.1. The van der Waals surface area contributed by atoms with E-state index in [1.807, 2.05) is 0 Å². The summed E-state index contributed by atoms with van der Waals surface area (Å²) < 4.78 is 0. The first kappa shape index (κ1) is 41.9. The van der Waals surface area contributed by atoms with Crippen molar-refractivity contribution in [3.05, 3.63) is 48.6 Å². The van der Waals surface area contributed by atoms with Crippen LogP contribution in [0.2, 0.25) is 0 Å². The summed E-state index contributed by atoms with van der Waals surface area (Å²) in [6.45, 7) is 5.91. The van der Waals surface area contributed by atoms with E-state index < -0.39 is 0 Å². The third kappa shape index (κ3) is 36.1. The molecule has 44 heavy (non-hydrogen) atoms. The molecule has 0 fully saturated rings. The average molecular weight is 613 g/mol. The highest BCUT2D eigenvalue weighted by Crippen LogP contribution is 2.09. The molecule has 0 aliphatic rings. The van der Waals surface area contributed by atoms with Crippen LogP contribution in [-0.2, 0) is 9.59 Å². The summed E-state index contributed by atoms with van der Waals surface area (Å²) in [7, 11) is 0. The van der Waals surface area contributed by atoms with Crippen molar-refractivity contribution in [3.8, 4) is 0 Å². The van der Waals surface area contributed by atoms with Crippen molar-refractivity contribution < 1.29 is 9.59 Å². The molecule has 0 bridgehead atoms. The molecule has 0 saturated heterocycles. The number of unbranched alkanes of at least 4 members (excludes halogenated alkanes) is 17. The van der Waals surface area contributed by atoms with Crippen LogP contribution in [0.25, 0.3) is 0 Å². The first-order chi connectivity index (χ1) is 21.7. The second-order valence-corrected chi connectivity index (χ2v) is 12.4. The Morgan fingerprint density at radius 3 is 1.07 bits per heavy atom. The van der Waals surface area contributed by atoms with Crippen LogP contribution in [-0.4, -0.2) is 24.9 Å². The Hall–Kier alpha value is -2.10. The minimum absolute atomic E-state index is 0.168. The molecule has 0 atom stereocenters. The van der Waals surface area contributed by atoms with Crippen molar-refractivity contribution in [2.75, 3.05) is 13.1 Å². The summed E-state index contributed by atoms with van der Waals surface area (Å²) in [6, 6.07) is 0. The number of hydrogen-bond donors (Lipinski definition) is 2. The van der Waals surface area contributed by atoms with E-state index >= 15 is 0 Å². The summed E-state index contributed by atoms with van der Waals surface area (Å²) in [5.74, 6) is 0.335. The third-order valence-corrected chi connectivity index (χ3v) is 7.96. The highest BCUT2D eigenvalue weighted by atomic mass is 16.2. The van der Waals surface area contributed by atoms with E-state index in [0.29, 0.717) is 25.9 Å². The SMILES string of the molecule is CCCCC/C=C\C/C=C\CCCCCCCC(=O)NCCCCNC(=O)CCCCCCC/C=C\C/C=C\CCCCC. The van der Waals surface area contributed by atoms with Gasteiger partial charge >= 0.3 is 0 Å². The van der Waals surface area contributed by atoms with E-state index in [0.717, 1.165) is 51.4 Å². The molecule has 2 amide bonds. The molecule has 0 unspecified atom stereocenters. The molecule has 0 radical (unpaired) electrons. The van der Waals surface area contributed by atoms with Gasteiger partial charge in [0.1, 0.15) is 0 Å². The Kier molecular flexibility index (Phi) is 35.3. The zero-order valence-corrected chi connectivity index (χ0v) is 29.2. The van der Waals surface area contributed by atoms with Crippen molar-refractivity contribution >= 4 is 11.8 Å². The molecule has 0 aromatic heterocycles. The number of amides is 2. The standard InChI is InChI=1S/C40H72N2O2/c1-3-5-7-9-11-13-15-17-19-21-23-25-27-29-31-35-39(43)41-37-33-34-38-42-40(44)36-32-30-28-26-24-22-20-18-16-14-12-10-8-6-4-2/h11-14,17-20H,3-10,15-16,21-38H2,1-2H3,(H,41,43)(H,42,44)/b13-11-,14-12-,19-17-,20-18-. The summed E-state index contributed by atoms with van der Waals surface area (Å²) >= 11 is 0. The second-order valence-electron chi connectivity index (χ2n) is 12.4. The van der Waals surface area contributed by atoms with Gasteiger partial charge in [0.15, 0.2) is 0 Å².